The molecule has 2 nitrogen and oxygen atoms in total. The SMILES string of the molecule is CCCN1CCC(C(O)C(C)(C)C)CC1. The Balaban J connectivity index is 2.37. The Morgan fingerprint density at radius 2 is 1.80 bits per heavy atom. The second-order valence-corrected chi connectivity index (χ2v) is 5.99. The first-order valence-corrected chi connectivity index (χ1v) is 6.35. The van der Waals surface area contributed by atoms with Crippen molar-refractivity contribution in [3.8, 4) is 0 Å². The Morgan fingerprint density at radius 1 is 1.27 bits per heavy atom. The molecule has 2 heteroatoms. The number of hydrogen-bond donors (Lipinski definition) is 1. The average molecular weight is 213 g/mol. The van der Waals surface area contributed by atoms with Gasteiger partial charge in [0.15, 0.2) is 0 Å². The summed E-state index contributed by atoms with van der Waals surface area (Å²) in [7, 11) is 0. The van der Waals surface area contributed by atoms with Gasteiger partial charge in [0, 0.05) is 0 Å². The van der Waals surface area contributed by atoms with Gasteiger partial charge in [0.05, 0.1) is 6.10 Å². The van der Waals surface area contributed by atoms with Crippen molar-refractivity contribution in [1.29, 1.82) is 0 Å². The van der Waals surface area contributed by atoms with E-state index >= 15 is 0 Å². The fourth-order valence-corrected chi connectivity index (χ4v) is 2.52. The van der Waals surface area contributed by atoms with Crippen LogP contribution in [-0.2, 0) is 0 Å². The predicted octanol–water partition coefficient (Wildman–Crippen LogP) is 2.52. The Labute approximate surface area is 94.7 Å². The molecular weight excluding hydrogens is 186 g/mol. The van der Waals surface area contributed by atoms with E-state index < -0.39 is 0 Å². The van der Waals surface area contributed by atoms with Crippen molar-refractivity contribution in [3.63, 3.8) is 0 Å². The molecule has 0 aromatic heterocycles. The summed E-state index contributed by atoms with van der Waals surface area (Å²) < 4.78 is 0. The molecule has 0 bridgehead atoms. The van der Waals surface area contributed by atoms with Gasteiger partial charge in [-0.15, -0.1) is 0 Å². The van der Waals surface area contributed by atoms with Gasteiger partial charge >= 0.3 is 0 Å². The van der Waals surface area contributed by atoms with Gasteiger partial charge in [-0.1, -0.05) is 27.7 Å². The summed E-state index contributed by atoms with van der Waals surface area (Å²) in [6.45, 7) is 12.2. The summed E-state index contributed by atoms with van der Waals surface area (Å²) in [5.41, 5.74) is 0.0393. The van der Waals surface area contributed by atoms with Crippen molar-refractivity contribution < 1.29 is 5.11 Å². The smallest absolute Gasteiger partial charge is 0.0617 e. The van der Waals surface area contributed by atoms with Crippen LogP contribution in [0, 0.1) is 11.3 Å². The van der Waals surface area contributed by atoms with Crippen molar-refractivity contribution in [2.24, 2.45) is 11.3 Å². The van der Waals surface area contributed by atoms with Gasteiger partial charge in [-0.25, -0.2) is 0 Å². The molecule has 0 spiro atoms. The Bertz CT molecular complexity index is 177. The molecule has 1 aliphatic rings. The van der Waals surface area contributed by atoms with Gasteiger partial charge in [-0.3, -0.25) is 0 Å². The maximum absolute atomic E-state index is 10.2. The van der Waals surface area contributed by atoms with E-state index in [-0.39, 0.29) is 11.5 Å². The highest BCUT2D eigenvalue weighted by atomic mass is 16.3. The summed E-state index contributed by atoms with van der Waals surface area (Å²) >= 11 is 0. The average Bonchev–Trinajstić information content (AvgIpc) is 2.17. The van der Waals surface area contributed by atoms with Crippen LogP contribution in [0.5, 0.6) is 0 Å². The molecule has 1 rings (SSSR count). The van der Waals surface area contributed by atoms with Crippen LogP contribution < -0.4 is 0 Å². The molecular formula is C13H27NO. The van der Waals surface area contributed by atoms with Crippen LogP contribution in [0.2, 0.25) is 0 Å². The molecule has 0 amide bonds. The second-order valence-electron chi connectivity index (χ2n) is 5.99. The van der Waals surface area contributed by atoms with Crippen LogP contribution in [-0.4, -0.2) is 35.7 Å². The molecule has 0 aromatic rings. The van der Waals surface area contributed by atoms with Crippen LogP contribution >= 0.6 is 0 Å². The van der Waals surface area contributed by atoms with Crippen LogP contribution in [0.3, 0.4) is 0 Å². The molecule has 1 saturated heterocycles. The first-order chi connectivity index (χ1) is 6.95. The van der Waals surface area contributed by atoms with Crippen LogP contribution in [0.15, 0.2) is 0 Å². The lowest BCUT2D eigenvalue weighted by atomic mass is 9.77. The lowest BCUT2D eigenvalue weighted by Gasteiger charge is -2.38. The number of aliphatic hydroxyl groups excluding tert-OH is 1. The minimum Gasteiger partial charge on any atom is -0.392 e. The standard InChI is InChI=1S/C13H27NO/c1-5-8-14-9-6-11(7-10-14)12(15)13(2,3)4/h11-12,15H,5-10H2,1-4H3. The van der Waals surface area contributed by atoms with E-state index in [2.05, 4.69) is 32.6 Å². The van der Waals surface area contributed by atoms with Crippen molar-refractivity contribution in [2.45, 2.75) is 53.1 Å². The quantitative estimate of drug-likeness (QED) is 0.778. The Kier molecular flexibility index (Phi) is 4.60. The van der Waals surface area contributed by atoms with Crippen molar-refractivity contribution >= 4 is 0 Å². The molecule has 0 radical (unpaired) electrons. The van der Waals surface area contributed by atoms with E-state index in [1.165, 1.54) is 38.9 Å². The van der Waals surface area contributed by atoms with Gasteiger partial charge < -0.3 is 10.0 Å². The zero-order chi connectivity index (χ0) is 11.5. The molecule has 0 saturated carbocycles. The molecule has 1 fully saturated rings. The third-order valence-electron chi connectivity index (χ3n) is 3.51. The molecule has 0 aliphatic carbocycles. The number of rotatable bonds is 3. The summed E-state index contributed by atoms with van der Waals surface area (Å²) in [6, 6.07) is 0. The lowest BCUT2D eigenvalue weighted by molar-refractivity contribution is -0.0132. The highest BCUT2D eigenvalue weighted by Crippen LogP contribution is 2.31. The Morgan fingerprint density at radius 3 is 2.20 bits per heavy atom. The third kappa shape index (κ3) is 3.76. The molecule has 1 N–H and O–H groups in total. The van der Waals surface area contributed by atoms with Gasteiger partial charge in [0.2, 0.25) is 0 Å². The predicted molar refractivity (Wildman–Crippen MR) is 64.9 cm³/mol. The molecule has 0 aromatic carbocycles. The second kappa shape index (κ2) is 5.31. The van der Waals surface area contributed by atoms with E-state index in [1.54, 1.807) is 0 Å². The third-order valence-corrected chi connectivity index (χ3v) is 3.51. The monoisotopic (exact) mass is 213 g/mol. The van der Waals surface area contributed by atoms with Gasteiger partial charge in [-0.2, -0.15) is 0 Å². The normalized spacial score (nSPS) is 23.0. The van der Waals surface area contributed by atoms with Gasteiger partial charge in [-0.05, 0) is 50.2 Å². The minimum atomic E-state index is -0.138. The summed E-state index contributed by atoms with van der Waals surface area (Å²) in [5.74, 6) is 0.512. The van der Waals surface area contributed by atoms with E-state index in [0.717, 1.165) is 0 Å². The summed E-state index contributed by atoms with van der Waals surface area (Å²) in [6.07, 6.45) is 3.44. The molecule has 90 valence electrons. The van der Waals surface area contributed by atoms with Crippen molar-refractivity contribution in [2.75, 3.05) is 19.6 Å². The van der Waals surface area contributed by atoms with E-state index in [9.17, 15) is 5.11 Å². The van der Waals surface area contributed by atoms with E-state index in [4.69, 9.17) is 0 Å². The van der Waals surface area contributed by atoms with Gasteiger partial charge in [0.25, 0.3) is 0 Å². The van der Waals surface area contributed by atoms with Crippen LogP contribution in [0.4, 0.5) is 0 Å². The topological polar surface area (TPSA) is 23.5 Å². The van der Waals surface area contributed by atoms with Crippen molar-refractivity contribution in [1.82, 2.24) is 4.90 Å². The Hall–Kier alpha value is -0.0800. The minimum absolute atomic E-state index is 0.0393. The van der Waals surface area contributed by atoms with Gasteiger partial charge in [0.1, 0.15) is 0 Å². The molecule has 1 aliphatic heterocycles. The van der Waals surface area contributed by atoms with Crippen LogP contribution in [0.1, 0.15) is 47.0 Å². The first kappa shape index (κ1) is 13.0. The number of likely N-dealkylation sites (tertiary alicyclic amines) is 1. The zero-order valence-corrected chi connectivity index (χ0v) is 10.8. The number of nitrogens with zero attached hydrogens (tertiary/aromatic N) is 1. The number of hydrogen-bond acceptors (Lipinski definition) is 2. The maximum atomic E-state index is 10.2. The van der Waals surface area contributed by atoms with E-state index in [0.29, 0.717) is 5.92 Å². The largest absolute Gasteiger partial charge is 0.392 e. The fourth-order valence-electron chi connectivity index (χ4n) is 2.52. The lowest BCUT2D eigenvalue weighted by Crippen LogP contribution is -2.42. The zero-order valence-electron chi connectivity index (χ0n) is 10.8. The maximum Gasteiger partial charge on any atom is 0.0617 e. The molecule has 15 heavy (non-hydrogen) atoms. The summed E-state index contributed by atoms with van der Waals surface area (Å²) in [5, 5.41) is 10.2. The molecule has 1 atom stereocenters. The van der Waals surface area contributed by atoms with Crippen LogP contribution in [0.25, 0.3) is 0 Å². The molecule has 1 heterocycles. The number of piperidine rings is 1. The highest BCUT2D eigenvalue weighted by Gasteiger charge is 2.32. The van der Waals surface area contributed by atoms with Crippen molar-refractivity contribution in [3.05, 3.63) is 0 Å². The fraction of sp³-hybridized carbons (Fsp3) is 1.00. The summed E-state index contributed by atoms with van der Waals surface area (Å²) in [4.78, 5) is 2.52. The highest BCUT2D eigenvalue weighted by molar-refractivity contribution is 4.84. The van der Waals surface area contributed by atoms with E-state index in [1.807, 2.05) is 0 Å². The first-order valence-electron chi connectivity index (χ1n) is 6.35. The molecule has 1 unspecified atom stereocenters. The number of aliphatic hydroxyl groups is 1.